The molecule has 0 unspecified atom stereocenters. The number of rotatable bonds is 3. The highest BCUT2D eigenvalue weighted by Gasteiger charge is 1.89. The van der Waals surface area contributed by atoms with Crippen LogP contribution in [0.4, 0.5) is 0 Å². The van der Waals surface area contributed by atoms with Gasteiger partial charge in [0.05, 0.1) is 6.07 Å². The summed E-state index contributed by atoms with van der Waals surface area (Å²) in [5.74, 6) is 0. The van der Waals surface area contributed by atoms with Crippen LogP contribution in [0.5, 0.6) is 0 Å². The van der Waals surface area contributed by atoms with Gasteiger partial charge in [0.25, 0.3) is 0 Å². The van der Waals surface area contributed by atoms with Crippen LogP contribution in [-0.4, -0.2) is 35.0 Å². The fourth-order valence-electron chi connectivity index (χ4n) is 0.983. The first-order valence-electron chi connectivity index (χ1n) is 5.64. The quantitative estimate of drug-likeness (QED) is 0.811. The molecule has 1 aromatic rings. The predicted octanol–water partition coefficient (Wildman–Crippen LogP) is 2.13. The summed E-state index contributed by atoms with van der Waals surface area (Å²) < 4.78 is 0. The van der Waals surface area contributed by atoms with Crippen molar-refractivity contribution in [1.29, 1.82) is 5.26 Å². The Morgan fingerprint density at radius 3 is 1.41 bits per heavy atom. The number of nitrogens with zero attached hydrogens (tertiary/aromatic N) is 3. The molecule has 0 spiro atoms. The highest BCUT2D eigenvalue weighted by atomic mass is 16.0. The molecule has 0 radical (unpaired) electrons. The molecule has 98 valence electrons. The van der Waals surface area contributed by atoms with Crippen molar-refractivity contribution < 1.29 is 5.48 Å². The van der Waals surface area contributed by atoms with Crippen LogP contribution in [0.1, 0.15) is 27.7 Å². The average molecular weight is 239 g/mol. The third-order valence-electron chi connectivity index (χ3n) is 1.91. The van der Waals surface area contributed by atoms with Crippen LogP contribution in [-0.2, 0) is 0 Å². The molecular formula is C13H25N3O. The molecule has 0 aromatic carbocycles. The predicted molar refractivity (Wildman–Crippen MR) is 72.6 cm³/mol. The van der Waals surface area contributed by atoms with Crippen LogP contribution in [0.2, 0.25) is 0 Å². The number of hydrogen-bond donors (Lipinski definition) is 0. The molecule has 0 fully saturated rings. The molecule has 0 aliphatic heterocycles. The zero-order valence-electron chi connectivity index (χ0n) is 11.3. The molecule has 17 heavy (non-hydrogen) atoms. The Kier molecular flexibility index (Phi) is 24.6. The summed E-state index contributed by atoms with van der Waals surface area (Å²) in [7, 11) is 0. The largest absolute Gasteiger partial charge is 0.412 e. The van der Waals surface area contributed by atoms with Gasteiger partial charge in [0.15, 0.2) is 0 Å². The molecule has 1 aromatic heterocycles. The van der Waals surface area contributed by atoms with E-state index >= 15 is 0 Å². The maximum Gasteiger partial charge on any atom is 0.0587 e. The van der Waals surface area contributed by atoms with E-state index in [1.165, 1.54) is 26.6 Å². The van der Waals surface area contributed by atoms with Crippen molar-refractivity contribution in [3.63, 3.8) is 0 Å². The first-order valence-corrected chi connectivity index (χ1v) is 5.64. The van der Waals surface area contributed by atoms with Gasteiger partial charge < -0.3 is 10.4 Å². The lowest BCUT2D eigenvalue weighted by Crippen LogP contribution is -2.21. The minimum atomic E-state index is 0. The van der Waals surface area contributed by atoms with Crippen LogP contribution in [0.25, 0.3) is 0 Å². The molecule has 4 heteroatoms. The van der Waals surface area contributed by atoms with E-state index in [0.717, 1.165) is 0 Å². The molecule has 0 amide bonds. The van der Waals surface area contributed by atoms with E-state index in [9.17, 15) is 0 Å². The minimum absolute atomic E-state index is 0. The second-order valence-corrected chi connectivity index (χ2v) is 2.87. The fraction of sp³-hybridized carbons (Fsp3) is 0.538. The third-order valence-corrected chi connectivity index (χ3v) is 1.91. The van der Waals surface area contributed by atoms with Gasteiger partial charge >= 0.3 is 0 Å². The molecule has 0 saturated carbocycles. The molecule has 0 aliphatic carbocycles. The monoisotopic (exact) mass is 239 g/mol. The number of nitriles is 1. The van der Waals surface area contributed by atoms with E-state index in [-0.39, 0.29) is 5.48 Å². The third kappa shape index (κ3) is 20.6. The van der Waals surface area contributed by atoms with Gasteiger partial charge in [-0.15, -0.1) is 0 Å². The Labute approximate surface area is 105 Å². The van der Waals surface area contributed by atoms with Crippen molar-refractivity contribution in [1.82, 2.24) is 9.88 Å². The number of pyridine rings is 1. The highest BCUT2D eigenvalue weighted by Crippen LogP contribution is 1.81. The van der Waals surface area contributed by atoms with Crippen LogP contribution in [0, 0.1) is 11.3 Å². The smallest absolute Gasteiger partial charge is 0.0587 e. The summed E-state index contributed by atoms with van der Waals surface area (Å²) in [5, 5.41) is 7.32. The minimum Gasteiger partial charge on any atom is -0.412 e. The van der Waals surface area contributed by atoms with Crippen LogP contribution in [0.15, 0.2) is 30.6 Å². The SMILES string of the molecule is CC#N.CCN(CC)CC.O.c1ccncc1. The van der Waals surface area contributed by atoms with E-state index in [1.807, 2.05) is 18.2 Å². The Morgan fingerprint density at radius 1 is 1.00 bits per heavy atom. The van der Waals surface area contributed by atoms with Crippen molar-refractivity contribution >= 4 is 0 Å². The van der Waals surface area contributed by atoms with Crippen LogP contribution >= 0.6 is 0 Å². The molecule has 0 bridgehead atoms. The zero-order valence-corrected chi connectivity index (χ0v) is 11.3. The fourth-order valence-corrected chi connectivity index (χ4v) is 0.983. The molecule has 2 N–H and O–H groups in total. The lowest BCUT2D eigenvalue weighted by molar-refractivity contribution is 0.321. The van der Waals surface area contributed by atoms with Gasteiger partial charge in [0.2, 0.25) is 0 Å². The van der Waals surface area contributed by atoms with Gasteiger partial charge in [-0.1, -0.05) is 26.8 Å². The van der Waals surface area contributed by atoms with Crippen molar-refractivity contribution in [3.8, 4) is 6.07 Å². The van der Waals surface area contributed by atoms with E-state index in [2.05, 4.69) is 30.7 Å². The Balaban J connectivity index is -0.000000180. The topological polar surface area (TPSA) is 71.4 Å². The van der Waals surface area contributed by atoms with Crippen molar-refractivity contribution in [3.05, 3.63) is 30.6 Å². The number of aromatic nitrogens is 1. The van der Waals surface area contributed by atoms with Crippen LogP contribution < -0.4 is 0 Å². The van der Waals surface area contributed by atoms with Gasteiger partial charge in [-0.05, 0) is 31.8 Å². The summed E-state index contributed by atoms with van der Waals surface area (Å²) in [5.41, 5.74) is 0. The van der Waals surface area contributed by atoms with Gasteiger partial charge in [-0.3, -0.25) is 4.98 Å². The number of hydrogen-bond acceptors (Lipinski definition) is 3. The van der Waals surface area contributed by atoms with E-state index in [0.29, 0.717) is 0 Å². The van der Waals surface area contributed by atoms with Gasteiger partial charge in [-0.2, -0.15) is 5.26 Å². The van der Waals surface area contributed by atoms with Crippen molar-refractivity contribution in [2.75, 3.05) is 19.6 Å². The maximum atomic E-state index is 7.32. The summed E-state index contributed by atoms with van der Waals surface area (Å²) >= 11 is 0. The average Bonchev–Trinajstić information content (AvgIpc) is 2.35. The summed E-state index contributed by atoms with van der Waals surface area (Å²) in [6.45, 7) is 11.6. The summed E-state index contributed by atoms with van der Waals surface area (Å²) in [6.07, 6.45) is 3.50. The molecule has 4 nitrogen and oxygen atoms in total. The maximum absolute atomic E-state index is 7.32. The second kappa shape index (κ2) is 20.0. The molecular weight excluding hydrogens is 214 g/mol. The highest BCUT2D eigenvalue weighted by molar-refractivity contribution is 4.88. The van der Waals surface area contributed by atoms with Crippen molar-refractivity contribution in [2.24, 2.45) is 0 Å². The van der Waals surface area contributed by atoms with Gasteiger partial charge in [0, 0.05) is 19.3 Å². The van der Waals surface area contributed by atoms with Gasteiger partial charge in [0.1, 0.15) is 0 Å². The van der Waals surface area contributed by atoms with Crippen molar-refractivity contribution in [2.45, 2.75) is 27.7 Å². The standard InChI is InChI=1S/C6H15N.C5H5N.C2H3N.H2O/c1-4-7(5-2)6-3;1-2-4-6-5-3-1;1-2-3;/h4-6H2,1-3H3;1-5H;1H3;1H2. The Bertz CT molecular complexity index is 210. The van der Waals surface area contributed by atoms with Crippen LogP contribution in [0.3, 0.4) is 0 Å². The van der Waals surface area contributed by atoms with Gasteiger partial charge in [-0.25, -0.2) is 0 Å². The lowest BCUT2D eigenvalue weighted by Gasteiger charge is -2.13. The first kappa shape index (κ1) is 20.9. The molecule has 0 saturated heterocycles. The molecule has 1 heterocycles. The molecule has 0 aliphatic rings. The van der Waals surface area contributed by atoms with E-state index in [4.69, 9.17) is 5.26 Å². The normalized spacial score (nSPS) is 7.53. The summed E-state index contributed by atoms with van der Waals surface area (Å²) in [4.78, 5) is 6.16. The second-order valence-electron chi connectivity index (χ2n) is 2.87. The molecule has 1 rings (SSSR count). The summed E-state index contributed by atoms with van der Waals surface area (Å²) in [6, 6.07) is 7.47. The Hall–Kier alpha value is -1.44. The zero-order chi connectivity index (χ0) is 12.6. The molecule has 0 atom stereocenters. The first-order chi connectivity index (χ1) is 7.76. The van der Waals surface area contributed by atoms with E-state index in [1.54, 1.807) is 18.5 Å². The Morgan fingerprint density at radius 2 is 1.35 bits per heavy atom. The van der Waals surface area contributed by atoms with E-state index < -0.39 is 0 Å². The lowest BCUT2D eigenvalue weighted by atomic mass is 10.5.